The fraction of sp³-hybridized carbons (Fsp3) is 0.200. The summed E-state index contributed by atoms with van der Waals surface area (Å²) in [5.74, 6) is -0.0832. The van der Waals surface area contributed by atoms with Crippen LogP contribution >= 0.6 is 11.3 Å². The van der Waals surface area contributed by atoms with Gasteiger partial charge in [-0.1, -0.05) is 30.3 Å². The van der Waals surface area contributed by atoms with Crippen molar-refractivity contribution in [3.05, 3.63) is 73.6 Å². The monoisotopic (exact) mass is 412 g/mol. The van der Waals surface area contributed by atoms with E-state index in [1.807, 2.05) is 37.3 Å². The van der Waals surface area contributed by atoms with Gasteiger partial charge in [-0.25, -0.2) is 9.78 Å². The summed E-state index contributed by atoms with van der Waals surface area (Å²) >= 11 is 1.24. The van der Waals surface area contributed by atoms with Gasteiger partial charge in [0, 0.05) is 28.8 Å². The molecule has 2 aromatic carbocycles. The number of rotatable bonds is 5. The van der Waals surface area contributed by atoms with Crippen molar-refractivity contribution < 1.29 is 23.9 Å². The van der Waals surface area contributed by atoms with Crippen molar-refractivity contribution in [2.45, 2.75) is 20.1 Å². The number of carbonyl (C=O) groups excluding carboxylic acids is 1. The Morgan fingerprint density at radius 1 is 1.31 bits per heavy atom. The summed E-state index contributed by atoms with van der Waals surface area (Å²) < 4.78 is 16.1. The second-order valence-corrected chi connectivity index (χ2v) is 7.52. The normalized spacial score (nSPS) is 12.7. The lowest BCUT2D eigenvalue weighted by Crippen LogP contribution is -2.15. The van der Waals surface area contributed by atoms with Gasteiger partial charge in [-0.2, -0.15) is 0 Å². The molecule has 0 atom stereocenters. The van der Waals surface area contributed by atoms with Crippen LogP contribution in [0.3, 0.4) is 0 Å². The van der Waals surface area contributed by atoms with E-state index in [0.29, 0.717) is 27.4 Å². The Labute approximate surface area is 169 Å². The lowest BCUT2D eigenvalue weighted by molar-refractivity contribution is -0.385. The van der Waals surface area contributed by atoms with Crippen LogP contribution in [0.15, 0.2) is 42.5 Å². The molecule has 8 nitrogen and oxygen atoms in total. The molecule has 0 saturated carbocycles. The van der Waals surface area contributed by atoms with E-state index in [9.17, 15) is 14.9 Å². The number of thiazole rings is 1. The van der Waals surface area contributed by atoms with Crippen molar-refractivity contribution in [2.75, 3.05) is 6.79 Å². The van der Waals surface area contributed by atoms with Gasteiger partial charge in [0.05, 0.1) is 22.2 Å². The van der Waals surface area contributed by atoms with Crippen LogP contribution < -0.4 is 4.74 Å². The van der Waals surface area contributed by atoms with E-state index < -0.39 is 10.9 Å². The number of hydrogen-bond acceptors (Lipinski definition) is 8. The van der Waals surface area contributed by atoms with Crippen molar-refractivity contribution in [3.8, 4) is 17.0 Å². The first-order valence-electron chi connectivity index (χ1n) is 8.73. The molecule has 0 bridgehead atoms. The smallest absolute Gasteiger partial charge is 0.350 e. The van der Waals surface area contributed by atoms with Crippen molar-refractivity contribution in [3.63, 3.8) is 0 Å². The number of benzene rings is 2. The van der Waals surface area contributed by atoms with E-state index in [4.69, 9.17) is 14.2 Å². The van der Waals surface area contributed by atoms with Crippen molar-refractivity contribution in [1.29, 1.82) is 0 Å². The highest BCUT2D eigenvalue weighted by atomic mass is 32.1. The average Bonchev–Trinajstić information content (AvgIpc) is 3.14. The topological polar surface area (TPSA) is 101 Å². The molecule has 0 spiro atoms. The third kappa shape index (κ3) is 3.96. The standard InChI is InChI=1S/C20H16N2O6S/c1-12-21-17(13-5-3-2-4-6-13)19(29-12)20(23)27-10-15-8-16(22(24)25)7-14-9-26-11-28-18(14)15/h2-8H,9-11H2,1H3. The van der Waals surface area contributed by atoms with E-state index in [2.05, 4.69) is 4.98 Å². The Morgan fingerprint density at radius 2 is 2.10 bits per heavy atom. The molecule has 1 aliphatic heterocycles. The number of esters is 1. The number of carbonyl (C=O) groups is 1. The summed E-state index contributed by atoms with van der Waals surface area (Å²) in [5.41, 5.74) is 2.24. The summed E-state index contributed by atoms with van der Waals surface area (Å²) in [6.45, 7) is 1.90. The minimum Gasteiger partial charge on any atom is -0.467 e. The van der Waals surface area contributed by atoms with Crippen molar-refractivity contribution in [2.24, 2.45) is 0 Å². The van der Waals surface area contributed by atoms with Gasteiger partial charge in [-0.05, 0) is 6.92 Å². The number of nitrogens with zero attached hydrogens (tertiary/aromatic N) is 2. The van der Waals surface area contributed by atoms with Crippen LogP contribution in [0.1, 0.15) is 25.8 Å². The van der Waals surface area contributed by atoms with Crippen LogP contribution in [0.25, 0.3) is 11.3 Å². The van der Waals surface area contributed by atoms with Crippen LogP contribution in [0.5, 0.6) is 5.75 Å². The molecule has 3 aromatic rings. The van der Waals surface area contributed by atoms with Gasteiger partial charge in [0.15, 0.2) is 6.79 Å². The Morgan fingerprint density at radius 3 is 2.86 bits per heavy atom. The predicted octanol–water partition coefficient (Wildman–Crippen LogP) is 4.25. The van der Waals surface area contributed by atoms with Gasteiger partial charge in [0.1, 0.15) is 17.2 Å². The highest BCUT2D eigenvalue weighted by Gasteiger charge is 2.24. The summed E-state index contributed by atoms with van der Waals surface area (Å²) in [5, 5.41) is 12.0. The van der Waals surface area contributed by atoms with Gasteiger partial charge >= 0.3 is 5.97 Å². The van der Waals surface area contributed by atoms with E-state index >= 15 is 0 Å². The van der Waals surface area contributed by atoms with Crippen molar-refractivity contribution in [1.82, 2.24) is 4.98 Å². The zero-order valence-electron chi connectivity index (χ0n) is 15.4. The van der Waals surface area contributed by atoms with Gasteiger partial charge in [-0.3, -0.25) is 10.1 Å². The maximum atomic E-state index is 12.8. The molecule has 148 valence electrons. The molecule has 2 heterocycles. The number of nitro groups is 1. The fourth-order valence-electron chi connectivity index (χ4n) is 3.06. The molecule has 0 fully saturated rings. The number of aromatic nitrogens is 1. The maximum Gasteiger partial charge on any atom is 0.350 e. The van der Waals surface area contributed by atoms with E-state index in [0.717, 1.165) is 10.6 Å². The molecule has 29 heavy (non-hydrogen) atoms. The van der Waals surface area contributed by atoms with Crippen LogP contribution in [0.2, 0.25) is 0 Å². The molecule has 0 saturated heterocycles. The summed E-state index contributed by atoms with van der Waals surface area (Å²) in [6.07, 6.45) is 0. The van der Waals surface area contributed by atoms with E-state index in [-0.39, 0.29) is 25.7 Å². The number of fused-ring (bicyclic) bond motifs is 1. The molecule has 0 unspecified atom stereocenters. The van der Waals surface area contributed by atoms with Crippen LogP contribution in [-0.2, 0) is 22.7 Å². The average molecular weight is 412 g/mol. The van der Waals surface area contributed by atoms with Gasteiger partial charge in [-0.15, -0.1) is 11.3 Å². The van der Waals surface area contributed by atoms with E-state index in [1.165, 1.54) is 23.5 Å². The Hall–Kier alpha value is -3.30. The number of hydrogen-bond donors (Lipinski definition) is 0. The molecule has 0 N–H and O–H groups in total. The predicted molar refractivity (Wildman–Crippen MR) is 105 cm³/mol. The van der Waals surface area contributed by atoms with E-state index in [1.54, 1.807) is 0 Å². The lowest BCUT2D eigenvalue weighted by Gasteiger charge is -2.20. The zero-order valence-corrected chi connectivity index (χ0v) is 16.2. The minimum absolute atomic E-state index is 0.0396. The summed E-state index contributed by atoms with van der Waals surface area (Å²) in [7, 11) is 0. The first-order chi connectivity index (χ1) is 14.0. The SMILES string of the molecule is Cc1nc(-c2ccccc2)c(C(=O)OCc2cc([N+](=O)[O-])cc3c2OCOC3)s1. The minimum atomic E-state index is -0.540. The Bertz CT molecular complexity index is 1080. The number of ether oxygens (including phenoxy) is 3. The second-order valence-electron chi connectivity index (χ2n) is 6.31. The zero-order chi connectivity index (χ0) is 20.4. The lowest BCUT2D eigenvalue weighted by atomic mass is 10.1. The molecule has 0 amide bonds. The molecule has 9 heteroatoms. The van der Waals surface area contributed by atoms with Crippen LogP contribution in [0.4, 0.5) is 5.69 Å². The molecule has 0 radical (unpaired) electrons. The van der Waals surface area contributed by atoms with Gasteiger partial charge in [0.25, 0.3) is 5.69 Å². The van der Waals surface area contributed by atoms with Crippen LogP contribution in [-0.4, -0.2) is 22.7 Å². The van der Waals surface area contributed by atoms with Crippen molar-refractivity contribution >= 4 is 23.0 Å². The Kier molecular flexibility index (Phi) is 5.24. The molecule has 1 aliphatic rings. The molecule has 4 rings (SSSR count). The summed E-state index contributed by atoms with van der Waals surface area (Å²) in [6, 6.07) is 12.1. The fourth-order valence-corrected chi connectivity index (χ4v) is 3.89. The molecule has 1 aromatic heterocycles. The van der Waals surface area contributed by atoms with Gasteiger partial charge < -0.3 is 14.2 Å². The molecule has 0 aliphatic carbocycles. The number of nitro benzene ring substituents is 1. The van der Waals surface area contributed by atoms with Gasteiger partial charge in [0.2, 0.25) is 0 Å². The maximum absolute atomic E-state index is 12.8. The first-order valence-corrected chi connectivity index (χ1v) is 9.55. The third-order valence-electron chi connectivity index (χ3n) is 4.31. The second kappa shape index (κ2) is 7.98. The largest absolute Gasteiger partial charge is 0.467 e. The molecular weight excluding hydrogens is 396 g/mol. The molecular formula is C20H16N2O6S. The quantitative estimate of drug-likeness (QED) is 0.351. The summed E-state index contributed by atoms with van der Waals surface area (Å²) in [4.78, 5) is 28.3. The number of non-ortho nitro benzene ring substituents is 1. The third-order valence-corrected chi connectivity index (χ3v) is 5.26. The first kappa shape index (κ1) is 19.0. The highest BCUT2D eigenvalue weighted by molar-refractivity contribution is 7.14. The number of aryl methyl sites for hydroxylation is 1. The highest BCUT2D eigenvalue weighted by Crippen LogP contribution is 2.34. The van der Waals surface area contributed by atoms with Crippen LogP contribution in [0, 0.1) is 17.0 Å². The Balaban J connectivity index is 1.60.